The highest BCUT2D eigenvalue weighted by atomic mass is 16.3. The Bertz CT molecular complexity index is 433. The van der Waals surface area contributed by atoms with Crippen LogP contribution in [0.1, 0.15) is 26.7 Å². The first kappa shape index (κ1) is 14.8. The van der Waals surface area contributed by atoms with Gasteiger partial charge in [-0.2, -0.15) is 15.0 Å². The van der Waals surface area contributed by atoms with Gasteiger partial charge in [-0.3, -0.25) is 0 Å². The fourth-order valence-electron chi connectivity index (χ4n) is 2.19. The number of aliphatic hydroxyl groups excluding tert-OH is 1. The summed E-state index contributed by atoms with van der Waals surface area (Å²) in [6.07, 6.45) is 2.35. The van der Waals surface area contributed by atoms with E-state index in [4.69, 9.17) is 0 Å². The quantitative estimate of drug-likeness (QED) is 0.715. The summed E-state index contributed by atoms with van der Waals surface area (Å²) in [4.78, 5) is 15.4. The van der Waals surface area contributed by atoms with Gasteiger partial charge in [0.15, 0.2) is 0 Å². The Kier molecular flexibility index (Phi) is 4.94. The molecule has 0 aromatic carbocycles. The van der Waals surface area contributed by atoms with Gasteiger partial charge < -0.3 is 20.6 Å². The normalized spacial score (nSPS) is 16.6. The summed E-state index contributed by atoms with van der Waals surface area (Å²) >= 11 is 0. The summed E-state index contributed by atoms with van der Waals surface area (Å²) in [6.45, 7) is 6.13. The summed E-state index contributed by atoms with van der Waals surface area (Å²) in [6, 6.07) is -0.0615. The van der Waals surface area contributed by atoms with E-state index in [1.807, 2.05) is 0 Å². The van der Waals surface area contributed by atoms with Crippen molar-refractivity contribution in [1.82, 2.24) is 15.0 Å². The topological polar surface area (TPSA) is 86.2 Å². The summed E-state index contributed by atoms with van der Waals surface area (Å²) in [5.74, 6) is 2.05. The number of aromatic nitrogens is 3. The molecule has 7 heteroatoms. The second-order valence-corrected chi connectivity index (χ2v) is 5.40. The molecule has 1 unspecified atom stereocenters. The first-order chi connectivity index (χ1) is 9.63. The smallest absolute Gasteiger partial charge is 0.231 e. The van der Waals surface area contributed by atoms with Crippen LogP contribution in [0.5, 0.6) is 0 Å². The summed E-state index contributed by atoms with van der Waals surface area (Å²) in [7, 11) is 1.79. The molecule has 1 saturated heterocycles. The highest BCUT2D eigenvalue weighted by Gasteiger charge is 2.19. The Balaban J connectivity index is 2.20. The third-order valence-corrected chi connectivity index (χ3v) is 3.55. The third-order valence-electron chi connectivity index (χ3n) is 3.55. The van der Waals surface area contributed by atoms with Crippen LogP contribution >= 0.6 is 0 Å². The maximum Gasteiger partial charge on any atom is 0.231 e. The van der Waals surface area contributed by atoms with E-state index in [1.54, 1.807) is 7.05 Å². The number of hydrogen-bond donors (Lipinski definition) is 3. The predicted molar refractivity (Wildman–Crippen MR) is 80.2 cm³/mol. The zero-order chi connectivity index (χ0) is 14.5. The van der Waals surface area contributed by atoms with Crippen molar-refractivity contribution in [3.05, 3.63) is 0 Å². The monoisotopic (exact) mass is 280 g/mol. The molecule has 1 fully saturated rings. The molecule has 0 bridgehead atoms. The number of rotatable bonds is 6. The molecule has 0 saturated carbocycles. The lowest BCUT2D eigenvalue weighted by Gasteiger charge is -2.21. The van der Waals surface area contributed by atoms with E-state index >= 15 is 0 Å². The van der Waals surface area contributed by atoms with Crippen LogP contribution in [0.15, 0.2) is 0 Å². The van der Waals surface area contributed by atoms with Crippen LogP contribution in [-0.4, -0.2) is 52.8 Å². The first-order valence-corrected chi connectivity index (χ1v) is 7.20. The van der Waals surface area contributed by atoms with Crippen LogP contribution in [0.4, 0.5) is 17.8 Å². The summed E-state index contributed by atoms with van der Waals surface area (Å²) in [5, 5.41) is 15.6. The Morgan fingerprint density at radius 3 is 2.35 bits per heavy atom. The van der Waals surface area contributed by atoms with Gasteiger partial charge in [-0.05, 0) is 18.8 Å². The lowest BCUT2D eigenvalue weighted by Crippen LogP contribution is -2.31. The highest BCUT2D eigenvalue weighted by molar-refractivity contribution is 5.44. The van der Waals surface area contributed by atoms with Gasteiger partial charge in [0.2, 0.25) is 17.8 Å². The van der Waals surface area contributed by atoms with Crippen LogP contribution in [0, 0.1) is 5.92 Å². The molecule has 1 aliphatic heterocycles. The fraction of sp³-hybridized carbons (Fsp3) is 0.769. The fourth-order valence-corrected chi connectivity index (χ4v) is 2.19. The molecule has 112 valence electrons. The molecular formula is C13H24N6O. The summed E-state index contributed by atoms with van der Waals surface area (Å²) < 4.78 is 0. The van der Waals surface area contributed by atoms with Gasteiger partial charge in [0.25, 0.3) is 0 Å². The van der Waals surface area contributed by atoms with Gasteiger partial charge in [0.05, 0.1) is 12.6 Å². The average Bonchev–Trinajstić information content (AvgIpc) is 2.98. The number of hydrogen-bond acceptors (Lipinski definition) is 7. The van der Waals surface area contributed by atoms with E-state index in [0.717, 1.165) is 13.1 Å². The zero-order valence-corrected chi connectivity index (χ0v) is 12.4. The van der Waals surface area contributed by atoms with Crippen molar-refractivity contribution in [3.8, 4) is 0 Å². The van der Waals surface area contributed by atoms with Gasteiger partial charge in [-0.1, -0.05) is 13.8 Å². The number of anilines is 3. The lowest BCUT2D eigenvalue weighted by molar-refractivity contribution is 0.248. The largest absolute Gasteiger partial charge is 0.394 e. The van der Waals surface area contributed by atoms with Crippen molar-refractivity contribution >= 4 is 17.8 Å². The van der Waals surface area contributed by atoms with Crippen molar-refractivity contribution in [3.63, 3.8) is 0 Å². The maximum absolute atomic E-state index is 9.41. The van der Waals surface area contributed by atoms with E-state index in [9.17, 15) is 5.11 Å². The molecule has 0 spiro atoms. The standard InChI is InChI=1S/C13H24N6O/c1-9(2)10(8-20)15-12-16-11(14-3)17-13(18-12)19-6-4-5-7-19/h9-10,20H,4-8H2,1-3H3,(H2,14,15,16,17,18). The van der Waals surface area contributed by atoms with Crippen molar-refractivity contribution in [2.75, 3.05) is 42.3 Å². The van der Waals surface area contributed by atoms with Crippen molar-refractivity contribution in [2.45, 2.75) is 32.7 Å². The predicted octanol–water partition coefficient (Wildman–Crippen LogP) is 0.942. The second kappa shape index (κ2) is 6.69. The van der Waals surface area contributed by atoms with Gasteiger partial charge in [0.1, 0.15) is 0 Å². The summed E-state index contributed by atoms with van der Waals surface area (Å²) in [5.41, 5.74) is 0. The van der Waals surface area contributed by atoms with E-state index < -0.39 is 0 Å². The van der Waals surface area contributed by atoms with E-state index in [1.165, 1.54) is 12.8 Å². The minimum atomic E-state index is -0.0615. The molecule has 2 rings (SSSR count). The van der Waals surface area contributed by atoms with Gasteiger partial charge >= 0.3 is 0 Å². The van der Waals surface area contributed by atoms with Crippen molar-refractivity contribution in [1.29, 1.82) is 0 Å². The van der Waals surface area contributed by atoms with Crippen molar-refractivity contribution < 1.29 is 5.11 Å². The number of nitrogens with one attached hydrogen (secondary N) is 2. The van der Waals surface area contributed by atoms with Crippen LogP contribution in [-0.2, 0) is 0 Å². The lowest BCUT2D eigenvalue weighted by atomic mass is 10.1. The molecular weight excluding hydrogens is 256 g/mol. The minimum Gasteiger partial charge on any atom is -0.394 e. The SMILES string of the molecule is CNc1nc(NC(CO)C(C)C)nc(N2CCCC2)n1. The van der Waals surface area contributed by atoms with Crippen LogP contribution in [0.25, 0.3) is 0 Å². The Morgan fingerprint density at radius 1 is 1.15 bits per heavy atom. The molecule has 0 aliphatic carbocycles. The van der Waals surface area contributed by atoms with Gasteiger partial charge in [-0.15, -0.1) is 0 Å². The Hall–Kier alpha value is -1.63. The van der Waals surface area contributed by atoms with Crippen LogP contribution in [0.2, 0.25) is 0 Å². The third kappa shape index (κ3) is 3.47. The molecule has 1 aromatic heterocycles. The zero-order valence-electron chi connectivity index (χ0n) is 12.4. The van der Waals surface area contributed by atoms with Crippen LogP contribution < -0.4 is 15.5 Å². The molecule has 1 aromatic rings. The highest BCUT2D eigenvalue weighted by Crippen LogP contribution is 2.19. The van der Waals surface area contributed by atoms with Gasteiger partial charge in [0, 0.05) is 20.1 Å². The van der Waals surface area contributed by atoms with Crippen molar-refractivity contribution in [2.24, 2.45) is 5.92 Å². The number of aliphatic hydroxyl groups is 1. The maximum atomic E-state index is 9.41. The molecule has 7 nitrogen and oxygen atoms in total. The van der Waals surface area contributed by atoms with E-state index in [0.29, 0.717) is 23.8 Å². The molecule has 1 aliphatic rings. The molecule has 2 heterocycles. The molecule has 20 heavy (non-hydrogen) atoms. The average molecular weight is 280 g/mol. The minimum absolute atomic E-state index is 0.0529. The Morgan fingerprint density at radius 2 is 1.80 bits per heavy atom. The molecule has 1 atom stereocenters. The molecule has 3 N–H and O–H groups in total. The number of nitrogens with zero attached hydrogens (tertiary/aromatic N) is 4. The van der Waals surface area contributed by atoms with E-state index in [2.05, 4.69) is 44.3 Å². The van der Waals surface area contributed by atoms with E-state index in [-0.39, 0.29) is 12.6 Å². The second-order valence-electron chi connectivity index (χ2n) is 5.40. The molecule has 0 radical (unpaired) electrons. The first-order valence-electron chi connectivity index (χ1n) is 7.20. The molecule has 0 amide bonds. The Labute approximate surface area is 119 Å². The van der Waals surface area contributed by atoms with Crippen LogP contribution in [0.3, 0.4) is 0 Å². The van der Waals surface area contributed by atoms with Gasteiger partial charge in [-0.25, -0.2) is 0 Å².